The van der Waals surface area contributed by atoms with E-state index in [-0.39, 0.29) is 0 Å². The van der Waals surface area contributed by atoms with E-state index in [2.05, 4.69) is 0 Å². The first-order valence-electron chi connectivity index (χ1n) is 4.10. The van der Waals surface area contributed by atoms with Crippen LogP contribution in [0.5, 0.6) is 0 Å². The molecule has 0 bridgehead atoms. The fraction of sp³-hybridized carbons (Fsp3) is 0.100. The monoisotopic (exact) mass is 175 g/mol. The molecule has 0 unspecified atom stereocenters. The fourth-order valence-electron chi connectivity index (χ4n) is 1.11. The molecule has 0 radical (unpaired) electrons. The van der Waals surface area contributed by atoms with E-state index in [0.717, 1.165) is 5.88 Å². The van der Waals surface area contributed by atoms with Crippen molar-refractivity contribution >= 4 is 5.88 Å². The Morgan fingerprint density at radius 3 is 2.38 bits per heavy atom. The van der Waals surface area contributed by atoms with E-state index < -0.39 is 0 Å². The van der Waals surface area contributed by atoms with Crippen molar-refractivity contribution in [2.45, 2.75) is 0 Å². The largest absolute Gasteiger partial charge is 0.387 e. The quantitative estimate of drug-likeness (QED) is 0.603. The Kier molecular flexibility index (Phi) is 2.00. The maximum atomic E-state index is 5.32. The van der Waals surface area contributed by atoms with Gasteiger partial charge in [-0.1, -0.05) is 12.2 Å². The standard InChI is InChI=1S/C10H11N2O/c1-11-8-10(13-9-11)12-6-4-2-3-5-7-12/h2-9H,1H3/q+1. The highest BCUT2D eigenvalue weighted by Gasteiger charge is 2.08. The van der Waals surface area contributed by atoms with Crippen LogP contribution in [0, 0.1) is 0 Å². The van der Waals surface area contributed by atoms with Gasteiger partial charge in [0.2, 0.25) is 6.20 Å². The van der Waals surface area contributed by atoms with Gasteiger partial charge in [0.15, 0.2) is 0 Å². The number of rotatable bonds is 1. The number of hydrogen-bond acceptors (Lipinski definition) is 2. The minimum Gasteiger partial charge on any atom is -0.387 e. The summed E-state index contributed by atoms with van der Waals surface area (Å²) < 4.78 is 7.19. The van der Waals surface area contributed by atoms with Crippen LogP contribution in [-0.2, 0) is 7.05 Å². The highest BCUT2D eigenvalue weighted by Crippen LogP contribution is 2.13. The zero-order valence-corrected chi connectivity index (χ0v) is 7.42. The van der Waals surface area contributed by atoms with Gasteiger partial charge in [-0.3, -0.25) is 4.90 Å². The van der Waals surface area contributed by atoms with Gasteiger partial charge in [-0.05, 0) is 12.2 Å². The van der Waals surface area contributed by atoms with Gasteiger partial charge in [0.05, 0.1) is 0 Å². The van der Waals surface area contributed by atoms with E-state index >= 15 is 0 Å². The van der Waals surface area contributed by atoms with Crippen molar-refractivity contribution in [3.8, 4) is 0 Å². The van der Waals surface area contributed by atoms with E-state index in [1.54, 1.807) is 6.39 Å². The third-order valence-electron chi connectivity index (χ3n) is 1.73. The van der Waals surface area contributed by atoms with E-state index in [1.165, 1.54) is 0 Å². The molecule has 2 heterocycles. The normalized spacial score (nSPS) is 15.0. The summed E-state index contributed by atoms with van der Waals surface area (Å²) in [7, 11) is 1.93. The van der Waals surface area contributed by atoms with Crippen LogP contribution in [0.2, 0.25) is 0 Å². The van der Waals surface area contributed by atoms with E-state index in [0.29, 0.717) is 0 Å². The van der Waals surface area contributed by atoms with Crippen LogP contribution < -0.4 is 9.47 Å². The number of aromatic nitrogens is 1. The third kappa shape index (κ3) is 1.69. The smallest absolute Gasteiger partial charge is 0.336 e. The second-order valence-electron chi connectivity index (χ2n) is 2.83. The highest BCUT2D eigenvalue weighted by atomic mass is 16.4. The zero-order valence-electron chi connectivity index (χ0n) is 7.42. The van der Waals surface area contributed by atoms with Gasteiger partial charge < -0.3 is 4.42 Å². The summed E-state index contributed by atoms with van der Waals surface area (Å²) in [6, 6.07) is 0. The Hall–Kier alpha value is -1.77. The molecular weight excluding hydrogens is 164 g/mol. The molecule has 0 saturated heterocycles. The Balaban J connectivity index is 2.26. The molecule has 0 atom stereocenters. The molecule has 1 aromatic heterocycles. The van der Waals surface area contributed by atoms with E-state index in [4.69, 9.17) is 4.42 Å². The van der Waals surface area contributed by atoms with Crippen molar-refractivity contribution in [1.29, 1.82) is 0 Å². The van der Waals surface area contributed by atoms with Gasteiger partial charge in [0.1, 0.15) is 7.05 Å². The SMILES string of the molecule is C[n+]1coc(N2C=CC=CC=C2)c1. The van der Waals surface area contributed by atoms with Crippen LogP contribution in [0.3, 0.4) is 0 Å². The van der Waals surface area contributed by atoms with Crippen LogP contribution in [0.4, 0.5) is 5.88 Å². The van der Waals surface area contributed by atoms with Crippen molar-refractivity contribution in [3.63, 3.8) is 0 Å². The summed E-state index contributed by atoms with van der Waals surface area (Å²) in [6.45, 7) is 0. The van der Waals surface area contributed by atoms with Crippen LogP contribution in [0.25, 0.3) is 0 Å². The minimum absolute atomic E-state index is 0.804. The van der Waals surface area contributed by atoms with Crippen molar-refractivity contribution in [3.05, 3.63) is 49.3 Å². The lowest BCUT2D eigenvalue weighted by Crippen LogP contribution is -2.23. The first-order chi connectivity index (χ1) is 6.36. The molecule has 0 spiro atoms. The Bertz CT molecular complexity index is 358. The van der Waals surface area contributed by atoms with Crippen molar-refractivity contribution in [1.82, 2.24) is 0 Å². The van der Waals surface area contributed by atoms with Crippen LogP contribution >= 0.6 is 0 Å². The van der Waals surface area contributed by atoms with Crippen molar-refractivity contribution < 1.29 is 8.98 Å². The maximum absolute atomic E-state index is 5.32. The lowest BCUT2D eigenvalue weighted by Gasteiger charge is -2.06. The van der Waals surface area contributed by atoms with Gasteiger partial charge in [-0.15, -0.1) is 0 Å². The van der Waals surface area contributed by atoms with E-state index in [9.17, 15) is 0 Å². The van der Waals surface area contributed by atoms with Gasteiger partial charge in [-0.25, -0.2) is 0 Å². The number of oxazole rings is 1. The Morgan fingerprint density at radius 2 is 1.85 bits per heavy atom. The average Bonchev–Trinajstić information content (AvgIpc) is 2.43. The third-order valence-corrected chi connectivity index (χ3v) is 1.73. The summed E-state index contributed by atoms with van der Waals surface area (Å²) >= 11 is 0. The lowest BCUT2D eigenvalue weighted by molar-refractivity contribution is -0.674. The molecule has 0 saturated carbocycles. The minimum atomic E-state index is 0.804. The molecule has 13 heavy (non-hydrogen) atoms. The molecule has 3 nitrogen and oxygen atoms in total. The van der Waals surface area contributed by atoms with Crippen molar-refractivity contribution in [2.75, 3.05) is 4.90 Å². The Labute approximate surface area is 76.9 Å². The summed E-state index contributed by atoms with van der Waals surface area (Å²) in [6.07, 6.45) is 15.3. The van der Waals surface area contributed by atoms with Crippen LogP contribution in [-0.4, -0.2) is 0 Å². The predicted octanol–water partition coefficient (Wildman–Crippen LogP) is 1.51. The maximum Gasteiger partial charge on any atom is 0.336 e. The molecule has 1 aromatic rings. The number of hydrogen-bond donors (Lipinski definition) is 0. The number of nitrogens with zero attached hydrogens (tertiary/aromatic N) is 2. The van der Waals surface area contributed by atoms with Gasteiger partial charge >= 0.3 is 6.39 Å². The molecular formula is C10H11N2O+. The molecule has 1 aliphatic heterocycles. The zero-order chi connectivity index (χ0) is 9.10. The average molecular weight is 175 g/mol. The van der Waals surface area contributed by atoms with E-state index in [1.807, 2.05) is 59.4 Å². The molecule has 0 amide bonds. The molecule has 3 heteroatoms. The second kappa shape index (κ2) is 3.31. The predicted molar refractivity (Wildman–Crippen MR) is 49.8 cm³/mol. The van der Waals surface area contributed by atoms with Crippen LogP contribution in [0.15, 0.2) is 53.7 Å². The number of aryl methyl sites for hydroxylation is 1. The number of anilines is 1. The highest BCUT2D eigenvalue weighted by molar-refractivity contribution is 5.42. The van der Waals surface area contributed by atoms with Gasteiger partial charge in [-0.2, -0.15) is 4.57 Å². The topological polar surface area (TPSA) is 20.3 Å². The fourth-order valence-corrected chi connectivity index (χ4v) is 1.11. The molecule has 1 aliphatic rings. The van der Waals surface area contributed by atoms with Gasteiger partial charge in [0.25, 0.3) is 5.88 Å². The molecule has 2 rings (SSSR count). The summed E-state index contributed by atoms with van der Waals surface area (Å²) in [5.74, 6) is 0.804. The summed E-state index contributed by atoms with van der Waals surface area (Å²) in [5.41, 5.74) is 0. The summed E-state index contributed by atoms with van der Waals surface area (Å²) in [4.78, 5) is 1.92. The lowest BCUT2D eigenvalue weighted by atomic mass is 10.5. The first kappa shape index (κ1) is 7.86. The molecule has 0 aromatic carbocycles. The first-order valence-corrected chi connectivity index (χ1v) is 4.10. The molecule has 0 N–H and O–H groups in total. The Morgan fingerprint density at radius 1 is 1.15 bits per heavy atom. The molecule has 0 fully saturated rings. The van der Waals surface area contributed by atoms with Crippen molar-refractivity contribution in [2.24, 2.45) is 7.05 Å². The van der Waals surface area contributed by atoms with Gasteiger partial charge in [0, 0.05) is 12.4 Å². The molecule has 66 valence electrons. The van der Waals surface area contributed by atoms with Crippen LogP contribution in [0.1, 0.15) is 0 Å². The molecule has 0 aliphatic carbocycles. The summed E-state index contributed by atoms with van der Waals surface area (Å²) in [5, 5.41) is 0. The number of allylic oxidation sites excluding steroid dienone is 4. The second-order valence-corrected chi connectivity index (χ2v) is 2.83.